The van der Waals surface area contributed by atoms with Gasteiger partial charge in [0.25, 0.3) is 5.91 Å². The van der Waals surface area contributed by atoms with Crippen LogP contribution in [0.1, 0.15) is 39.6 Å². The van der Waals surface area contributed by atoms with Gasteiger partial charge in [-0.25, -0.2) is 8.78 Å². The molecule has 1 aromatic heterocycles. The van der Waals surface area contributed by atoms with Crippen molar-refractivity contribution >= 4 is 17.5 Å². The lowest BCUT2D eigenvalue weighted by Gasteiger charge is -2.21. The minimum absolute atomic E-state index is 0.0526. The van der Waals surface area contributed by atoms with Crippen LogP contribution in [0.4, 0.5) is 27.6 Å². The fourth-order valence-electron chi connectivity index (χ4n) is 3.56. The monoisotopic (exact) mass is 477 g/mol. The predicted octanol–water partition coefficient (Wildman–Crippen LogP) is 4.66. The minimum atomic E-state index is -5.10. The number of carbonyl (C=O) groups is 2. The van der Waals surface area contributed by atoms with Crippen LogP contribution in [0.15, 0.2) is 54.7 Å². The Morgan fingerprint density at radius 3 is 2.56 bits per heavy atom. The van der Waals surface area contributed by atoms with Crippen molar-refractivity contribution in [2.24, 2.45) is 0 Å². The Balaban J connectivity index is 1.67. The Bertz CT molecular complexity index is 1260. The van der Waals surface area contributed by atoms with Crippen molar-refractivity contribution in [3.05, 3.63) is 88.7 Å². The summed E-state index contributed by atoms with van der Waals surface area (Å²) in [5, 5.41) is 5.25. The summed E-state index contributed by atoms with van der Waals surface area (Å²) in [6.07, 6.45) is -3.16. The van der Waals surface area contributed by atoms with E-state index in [1.165, 1.54) is 18.3 Å². The van der Waals surface area contributed by atoms with Gasteiger partial charge in [-0.3, -0.25) is 14.6 Å². The Hall–Kier alpha value is -4.02. The molecule has 11 heteroatoms. The predicted molar refractivity (Wildman–Crippen MR) is 110 cm³/mol. The molecule has 0 radical (unpaired) electrons. The van der Waals surface area contributed by atoms with E-state index < -0.39 is 35.7 Å². The molecule has 0 aliphatic carbocycles. The quantitative estimate of drug-likeness (QED) is 0.524. The van der Waals surface area contributed by atoms with E-state index in [4.69, 9.17) is 0 Å². The van der Waals surface area contributed by atoms with Gasteiger partial charge >= 0.3 is 6.36 Å². The number of ether oxygens (including phenoxy) is 1. The van der Waals surface area contributed by atoms with Crippen molar-refractivity contribution in [2.75, 3.05) is 5.32 Å². The number of hydrogen-bond donors (Lipinski definition) is 2. The van der Waals surface area contributed by atoms with E-state index in [2.05, 4.69) is 20.4 Å². The van der Waals surface area contributed by atoms with Crippen molar-refractivity contribution in [1.29, 1.82) is 0 Å². The highest BCUT2D eigenvalue weighted by Crippen LogP contribution is 2.31. The van der Waals surface area contributed by atoms with Crippen LogP contribution in [-0.2, 0) is 11.2 Å². The number of rotatable bonds is 5. The Kier molecular flexibility index (Phi) is 6.18. The number of fused-ring (bicyclic) bond motifs is 1. The van der Waals surface area contributed by atoms with Crippen LogP contribution in [0.3, 0.4) is 0 Å². The first-order valence-corrected chi connectivity index (χ1v) is 10.00. The van der Waals surface area contributed by atoms with Gasteiger partial charge in [0, 0.05) is 23.9 Å². The summed E-state index contributed by atoms with van der Waals surface area (Å²) in [5.74, 6) is -4.03. The van der Waals surface area contributed by atoms with Gasteiger partial charge in [0.2, 0.25) is 5.91 Å². The van der Waals surface area contributed by atoms with Crippen molar-refractivity contribution in [3.8, 4) is 5.75 Å². The topological polar surface area (TPSA) is 80.3 Å². The van der Waals surface area contributed by atoms with Gasteiger partial charge in [-0.05, 0) is 60.0 Å². The molecule has 1 aliphatic rings. The van der Waals surface area contributed by atoms with E-state index in [0.29, 0.717) is 18.2 Å². The molecule has 2 aromatic carbocycles. The number of benzene rings is 2. The maximum atomic E-state index is 14.5. The van der Waals surface area contributed by atoms with Gasteiger partial charge in [-0.2, -0.15) is 0 Å². The Morgan fingerprint density at radius 1 is 1.06 bits per heavy atom. The third-order valence-corrected chi connectivity index (χ3v) is 5.11. The average Bonchev–Trinajstić information content (AvgIpc) is 2.78. The number of halogens is 5. The Labute approximate surface area is 189 Å². The van der Waals surface area contributed by atoms with Crippen LogP contribution < -0.4 is 15.4 Å². The molecule has 2 amide bonds. The molecule has 0 saturated carbocycles. The van der Waals surface area contributed by atoms with Crippen LogP contribution in [-0.4, -0.2) is 23.2 Å². The fourth-order valence-corrected chi connectivity index (χ4v) is 3.56. The first-order valence-electron chi connectivity index (χ1n) is 10.00. The number of aryl methyl sites for hydroxylation is 1. The zero-order valence-corrected chi connectivity index (χ0v) is 17.2. The number of aromatic nitrogens is 1. The lowest BCUT2D eigenvalue weighted by Crippen LogP contribution is -2.31. The zero-order chi connectivity index (χ0) is 24.5. The van der Waals surface area contributed by atoms with Crippen LogP contribution in [0.5, 0.6) is 5.75 Å². The first-order chi connectivity index (χ1) is 16.1. The minimum Gasteiger partial charge on any atom is -0.403 e. The second-order valence-electron chi connectivity index (χ2n) is 7.43. The smallest absolute Gasteiger partial charge is 0.403 e. The molecule has 6 nitrogen and oxygen atoms in total. The molecule has 34 heavy (non-hydrogen) atoms. The molecule has 3 aromatic rings. The van der Waals surface area contributed by atoms with Crippen LogP contribution in [0.25, 0.3) is 0 Å². The maximum Gasteiger partial charge on any atom is 0.573 e. The van der Waals surface area contributed by atoms with E-state index in [1.807, 2.05) is 0 Å². The number of nitrogens with zero attached hydrogens (tertiary/aromatic N) is 1. The van der Waals surface area contributed by atoms with Crippen LogP contribution >= 0.6 is 0 Å². The molecule has 1 atom stereocenters. The van der Waals surface area contributed by atoms with Gasteiger partial charge in [0.1, 0.15) is 11.5 Å². The van der Waals surface area contributed by atoms with Crippen molar-refractivity contribution in [3.63, 3.8) is 0 Å². The van der Waals surface area contributed by atoms with E-state index in [-0.39, 0.29) is 29.1 Å². The van der Waals surface area contributed by atoms with Crippen molar-refractivity contribution < 1.29 is 36.3 Å². The van der Waals surface area contributed by atoms with E-state index in [1.54, 1.807) is 12.1 Å². The first kappa shape index (κ1) is 23.1. The van der Waals surface area contributed by atoms with Gasteiger partial charge in [0.05, 0.1) is 6.04 Å². The van der Waals surface area contributed by atoms with Gasteiger partial charge < -0.3 is 15.4 Å². The molecule has 2 N–H and O–H groups in total. The SMILES string of the molecule is O=C1CCc2cc(C(=O)N[C@@H](c3ccc(OC(F)(F)F)c(F)c3)c3ncccc3F)ccc2N1. The van der Waals surface area contributed by atoms with Gasteiger partial charge in [-0.15, -0.1) is 13.2 Å². The normalized spacial score (nSPS) is 14.1. The summed E-state index contributed by atoms with van der Waals surface area (Å²) in [7, 11) is 0. The number of carbonyl (C=O) groups excluding carboxylic acids is 2. The Morgan fingerprint density at radius 2 is 1.85 bits per heavy atom. The number of alkyl halides is 3. The van der Waals surface area contributed by atoms with E-state index in [9.17, 15) is 31.5 Å². The summed E-state index contributed by atoms with van der Waals surface area (Å²) in [5.41, 5.74) is 1.18. The van der Waals surface area contributed by atoms with E-state index in [0.717, 1.165) is 23.8 Å². The molecule has 0 bridgehead atoms. The molecule has 0 unspecified atom stereocenters. The van der Waals surface area contributed by atoms with Crippen LogP contribution in [0, 0.1) is 11.6 Å². The summed E-state index contributed by atoms with van der Waals surface area (Å²) in [6, 6.07) is 8.17. The van der Waals surface area contributed by atoms with Crippen molar-refractivity contribution in [2.45, 2.75) is 25.2 Å². The highest BCUT2D eigenvalue weighted by molar-refractivity contribution is 5.98. The summed E-state index contributed by atoms with van der Waals surface area (Å²) >= 11 is 0. The summed E-state index contributed by atoms with van der Waals surface area (Å²) < 4.78 is 69.9. The third-order valence-electron chi connectivity index (χ3n) is 5.11. The maximum absolute atomic E-state index is 14.5. The standard InChI is InChI=1S/C23H16F5N3O3/c24-15-2-1-9-29-21(15)20(13-4-7-18(16(25)11-13)34-23(26,27)28)31-22(33)14-3-6-17-12(10-14)5-8-19(32)30-17/h1-4,6-7,9-11,20H,5,8H2,(H,30,32)(H,31,33)/t20-/m0/s1. The number of pyridine rings is 1. The van der Waals surface area contributed by atoms with Gasteiger partial charge in [0.15, 0.2) is 11.6 Å². The number of hydrogen-bond acceptors (Lipinski definition) is 4. The lowest BCUT2D eigenvalue weighted by molar-refractivity contribution is -0.275. The van der Waals surface area contributed by atoms with Crippen LogP contribution in [0.2, 0.25) is 0 Å². The van der Waals surface area contributed by atoms with Crippen molar-refractivity contribution in [1.82, 2.24) is 10.3 Å². The lowest BCUT2D eigenvalue weighted by atomic mass is 9.98. The fraction of sp³-hybridized carbons (Fsp3) is 0.174. The zero-order valence-electron chi connectivity index (χ0n) is 17.2. The third kappa shape index (κ3) is 5.13. The number of anilines is 1. The molecule has 2 heterocycles. The molecule has 0 spiro atoms. The molecule has 1 aliphatic heterocycles. The highest BCUT2D eigenvalue weighted by atomic mass is 19.4. The number of nitrogens with one attached hydrogen (secondary N) is 2. The molecular weight excluding hydrogens is 461 g/mol. The molecule has 4 rings (SSSR count). The second kappa shape index (κ2) is 9.08. The summed E-state index contributed by atoms with van der Waals surface area (Å²) in [4.78, 5) is 28.4. The largest absolute Gasteiger partial charge is 0.573 e. The van der Waals surface area contributed by atoms with E-state index >= 15 is 0 Å². The molecule has 0 saturated heterocycles. The molecule has 176 valence electrons. The highest BCUT2D eigenvalue weighted by Gasteiger charge is 2.33. The average molecular weight is 477 g/mol. The van der Waals surface area contributed by atoms with Gasteiger partial charge in [-0.1, -0.05) is 6.07 Å². The summed E-state index contributed by atoms with van der Waals surface area (Å²) in [6.45, 7) is 0. The molecular formula is C23H16F5N3O3. The second-order valence-corrected chi connectivity index (χ2v) is 7.43. The number of amides is 2. The molecule has 0 fully saturated rings.